The molecule has 0 aliphatic carbocycles. The summed E-state index contributed by atoms with van der Waals surface area (Å²) < 4.78 is 11.1. The third kappa shape index (κ3) is 7.22. The van der Waals surface area contributed by atoms with Crippen molar-refractivity contribution in [3.05, 3.63) is 65.0 Å². The van der Waals surface area contributed by atoms with Crippen LogP contribution in [0.4, 0.5) is 16.2 Å². The van der Waals surface area contributed by atoms with Gasteiger partial charge in [-0.15, -0.1) is 0 Å². The molecule has 228 valence electrons. The molecule has 0 spiro atoms. The van der Waals surface area contributed by atoms with Gasteiger partial charge in [-0.3, -0.25) is 4.90 Å². The van der Waals surface area contributed by atoms with Gasteiger partial charge in [-0.05, 0) is 95.7 Å². The second-order valence-electron chi connectivity index (χ2n) is 13.2. The number of ether oxygens (including phenoxy) is 1. The molecule has 43 heavy (non-hydrogen) atoms. The lowest BCUT2D eigenvalue weighted by molar-refractivity contribution is -0.00120. The molecule has 3 heterocycles. The number of amides is 1. The Morgan fingerprint density at radius 2 is 1.79 bits per heavy atom. The molecule has 0 bridgehead atoms. The van der Waals surface area contributed by atoms with Crippen LogP contribution in [0.1, 0.15) is 62.6 Å². The van der Waals surface area contributed by atoms with Crippen LogP contribution in [0.5, 0.6) is 0 Å². The number of benzene rings is 2. The molecule has 2 aliphatic rings. The van der Waals surface area contributed by atoms with E-state index in [1.54, 1.807) is 0 Å². The van der Waals surface area contributed by atoms with Gasteiger partial charge < -0.3 is 19.1 Å². The van der Waals surface area contributed by atoms with Crippen LogP contribution < -0.4 is 4.90 Å². The van der Waals surface area contributed by atoms with E-state index in [9.17, 15) is 4.79 Å². The Morgan fingerprint density at radius 1 is 1.09 bits per heavy atom. The van der Waals surface area contributed by atoms with Crippen LogP contribution in [0.25, 0.3) is 11.1 Å². The van der Waals surface area contributed by atoms with Gasteiger partial charge in [0.2, 0.25) is 0 Å². The zero-order valence-corrected chi connectivity index (χ0v) is 26.5. The highest BCUT2D eigenvalue weighted by atomic mass is 16.6. The molecule has 8 heteroatoms. The van der Waals surface area contributed by atoms with E-state index >= 15 is 0 Å². The summed E-state index contributed by atoms with van der Waals surface area (Å²) in [5.41, 5.74) is 7.34. The number of nitrogens with zero attached hydrogens (tertiary/aromatic N) is 5. The topological polar surface area (TPSA) is 85.8 Å². The van der Waals surface area contributed by atoms with Crippen molar-refractivity contribution in [2.24, 2.45) is 5.92 Å². The van der Waals surface area contributed by atoms with Crippen LogP contribution in [-0.4, -0.2) is 65.4 Å². The van der Waals surface area contributed by atoms with E-state index in [2.05, 4.69) is 70.4 Å². The van der Waals surface area contributed by atoms with E-state index in [1.165, 1.54) is 16.8 Å². The van der Waals surface area contributed by atoms with E-state index in [0.29, 0.717) is 18.4 Å². The Morgan fingerprint density at radius 3 is 2.40 bits per heavy atom. The summed E-state index contributed by atoms with van der Waals surface area (Å²) in [6.07, 6.45) is 3.06. The number of hydrogen-bond acceptors (Lipinski definition) is 7. The summed E-state index contributed by atoms with van der Waals surface area (Å²) in [6.45, 7) is 16.4. The first-order chi connectivity index (χ1) is 20.5. The summed E-state index contributed by atoms with van der Waals surface area (Å²) in [4.78, 5) is 19.4. The summed E-state index contributed by atoms with van der Waals surface area (Å²) >= 11 is 0. The van der Waals surface area contributed by atoms with Crippen LogP contribution in [0.3, 0.4) is 0 Å². The third-order valence-electron chi connectivity index (χ3n) is 8.65. The van der Waals surface area contributed by atoms with Gasteiger partial charge in [0.05, 0.1) is 11.8 Å². The van der Waals surface area contributed by atoms with Gasteiger partial charge in [0.25, 0.3) is 0 Å². The lowest BCUT2D eigenvalue weighted by atomic mass is 9.92. The average Bonchev–Trinajstić information content (AvgIpc) is 3.29. The third-order valence-corrected chi connectivity index (χ3v) is 8.65. The van der Waals surface area contributed by atoms with Gasteiger partial charge in [-0.1, -0.05) is 29.4 Å². The molecule has 0 N–H and O–H groups in total. The number of nitriles is 1. The van der Waals surface area contributed by atoms with Crippen LogP contribution in [-0.2, 0) is 11.2 Å². The van der Waals surface area contributed by atoms with Gasteiger partial charge in [-0.2, -0.15) is 5.26 Å². The minimum atomic E-state index is -0.466. The molecule has 2 fully saturated rings. The number of aryl methyl sites for hydroxylation is 4. The number of rotatable bonds is 8. The first-order valence-corrected chi connectivity index (χ1v) is 15.5. The Labute approximate surface area is 256 Å². The van der Waals surface area contributed by atoms with E-state index in [0.717, 1.165) is 80.3 Å². The van der Waals surface area contributed by atoms with Gasteiger partial charge in [-0.25, -0.2) is 4.79 Å². The number of piperidine rings is 1. The molecular weight excluding hydrogens is 538 g/mol. The minimum Gasteiger partial charge on any atom is -0.444 e. The largest absolute Gasteiger partial charge is 0.444 e. The van der Waals surface area contributed by atoms with Crippen molar-refractivity contribution in [1.29, 1.82) is 5.26 Å². The highest BCUT2D eigenvalue weighted by Gasteiger charge is 2.37. The number of carbonyl (C=O) groups excluding carboxylic acids is 1. The Hall–Kier alpha value is -3.83. The molecule has 2 aromatic carbocycles. The molecule has 5 rings (SSSR count). The fraction of sp³-hybridized carbons (Fsp3) is 0.514. The smallest absolute Gasteiger partial charge is 0.410 e. The summed E-state index contributed by atoms with van der Waals surface area (Å²) in [5.74, 6) is 1.36. The standard InChI is InChI=1S/C35H45N5O3/c1-24-9-12-29(33-25(2)37-43-26(33)3)20-32(24)40(31-13-10-27(11-14-31)8-7-17-36)23-28-21-39(22-28)30-15-18-38(19-16-30)34(41)42-35(4,5)6/h9-14,20,28,30H,7-8,15-16,18-19,21-23H2,1-6H3. The van der Waals surface area contributed by atoms with E-state index in [4.69, 9.17) is 14.5 Å². The van der Waals surface area contributed by atoms with Gasteiger partial charge in [0, 0.05) is 68.0 Å². The molecule has 1 amide bonds. The molecule has 1 aromatic heterocycles. The van der Waals surface area contributed by atoms with Crippen molar-refractivity contribution in [1.82, 2.24) is 15.0 Å². The number of likely N-dealkylation sites (tertiary alicyclic amines) is 2. The molecule has 2 aliphatic heterocycles. The van der Waals surface area contributed by atoms with Gasteiger partial charge in [0.15, 0.2) is 0 Å². The monoisotopic (exact) mass is 583 g/mol. The minimum absolute atomic E-state index is 0.198. The second-order valence-corrected chi connectivity index (χ2v) is 13.2. The lowest BCUT2D eigenvalue weighted by Crippen LogP contribution is -2.58. The van der Waals surface area contributed by atoms with E-state index in [-0.39, 0.29) is 6.09 Å². The fourth-order valence-corrected chi connectivity index (χ4v) is 6.36. The molecule has 3 aromatic rings. The zero-order chi connectivity index (χ0) is 30.7. The Kier molecular flexibility index (Phi) is 9.12. The van der Waals surface area contributed by atoms with Crippen LogP contribution in [0.2, 0.25) is 0 Å². The van der Waals surface area contributed by atoms with E-state index < -0.39 is 5.60 Å². The molecule has 0 radical (unpaired) electrons. The maximum atomic E-state index is 12.5. The molecule has 0 unspecified atom stereocenters. The van der Waals surface area contributed by atoms with E-state index in [1.807, 2.05) is 39.5 Å². The van der Waals surface area contributed by atoms with Crippen LogP contribution >= 0.6 is 0 Å². The van der Waals surface area contributed by atoms with Crippen molar-refractivity contribution < 1.29 is 14.1 Å². The summed E-state index contributed by atoms with van der Waals surface area (Å²) in [7, 11) is 0. The van der Waals surface area contributed by atoms with Gasteiger partial charge in [0.1, 0.15) is 11.4 Å². The Balaban J connectivity index is 1.30. The normalized spacial score (nSPS) is 16.5. The molecule has 2 saturated heterocycles. The quantitative estimate of drug-likeness (QED) is 0.277. The second kappa shape index (κ2) is 12.8. The number of aromatic nitrogens is 1. The SMILES string of the molecule is Cc1ccc(-c2c(C)noc2C)cc1N(CC1CN(C2CCN(C(=O)OC(C)(C)C)CC2)C1)c1ccc(CCC#N)cc1. The number of carbonyl (C=O) groups is 1. The molecule has 0 atom stereocenters. The molecule has 8 nitrogen and oxygen atoms in total. The molecule has 0 saturated carbocycles. The van der Waals surface area contributed by atoms with Crippen molar-refractivity contribution >= 4 is 17.5 Å². The van der Waals surface area contributed by atoms with Gasteiger partial charge >= 0.3 is 6.09 Å². The predicted octanol–water partition coefficient (Wildman–Crippen LogP) is 7.19. The first-order valence-electron chi connectivity index (χ1n) is 15.5. The predicted molar refractivity (Wildman–Crippen MR) is 169 cm³/mol. The van der Waals surface area contributed by atoms with Crippen LogP contribution in [0, 0.1) is 38.0 Å². The number of hydrogen-bond donors (Lipinski definition) is 0. The van der Waals surface area contributed by atoms with Crippen molar-refractivity contribution in [2.75, 3.05) is 37.6 Å². The number of anilines is 2. The molecular formula is C35H45N5O3. The van der Waals surface area contributed by atoms with Crippen molar-refractivity contribution in [2.45, 2.75) is 78.9 Å². The zero-order valence-electron chi connectivity index (χ0n) is 26.5. The fourth-order valence-electron chi connectivity index (χ4n) is 6.36. The lowest BCUT2D eigenvalue weighted by Gasteiger charge is -2.48. The maximum Gasteiger partial charge on any atom is 0.410 e. The highest BCUT2D eigenvalue weighted by Crippen LogP contribution is 2.37. The summed E-state index contributed by atoms with van der Waals surface area (Å²) in [5, 5.41) is 13.2. The summed E-state index contributed by atoms with van der Waals surface area (Å²) in [6, 6.07) is 18.1. The highest BCUT2D eigenvalue weighted by molar-refractivity contribution is 5.76. The first kappa shape index (κ1) is 30.6. The average molecular weight is 584 g/mol. The van der Waals surface area contributed by atoms with Crippen LogP contribution in [0.15, 0.2) is 47.0 Å². The Bertz CT molecular complexity index is 1430. The van der Waals surface area contributed by atoms with Crippen molar-refractivity contribution in [3.63, 3.8) is 0 Å². The van der Waals surface area contributed by atoms with Crippen molar-refractivity contribution in [3.8, 4) is 17.2 Å². The maximum absolute atomic E-state index is 12.5.